The van der Waals surface area contributed by atoms with Gasteiger partial charge >= 0.3 is 0 Å². The van der Waals surface area contributed by atoms with E-state index in [1.54, 1.807) is 49.6 Å². The van der Waals surface area contributed by atoms with Crippen molar-refractivity contribution in [3.8, 4) is 123 Å². The molecule has 0 aliphatic rings. The molecule has 0 aliphatic heterocycles. The van der Waals surface area contributed by atoms with Crippen molar-refractivity contribution in [1.29, 1.82) is 5.53 Å². The Kier molecular flexibility index (Phi) is 23.6. The first kappa shape index (κ1) is 41.7. The number of carbonyl (C=O) groups excluding carboxylic acids is 1. The fourth-order valence-corrected chi connectivity index (χ4v) is 3.19. The summed E-state index contributed by atoms with van der Waals surface area (Å²) in [7, 11) is 0. The van der Waals surface area contributed by atoms with Crippen LogP contribution in [0.3, 0.4) is 0 Å². The normalized spacial score (nSPS) is 7.04. The third kappa shape index (κ3) is 19.2. The summed E-state index contributed by atoms with van der Waals surface area (Å²) in [5, 5.41) is 12.8. The van der Waals surface area contributed by atoms with E-state index in [-0.39, 0.29) is 14.5 Å². The summed E-state index contributed by atoms with van der Waals surface area (Å²) in [6.45, 7) is 7.54. The van der Waals surface area contributed by atoms with E-state index >= 15 is 0 Å². The van der Waals surface area contributed by atoms with Crippen molar-refractivity contribution >= 4 is 5.91 Å². The summed E-state index contributed by atoms with van der Waals surface area (Å²) < 4.78 is 0. The molecule has 0 atom stereocenters. The lowest BCUT2D eigenvalue weighted by Crippen LogP contribution is -2.22. The molecule has 1 aromatic carbocycles. The fourth-order valence-electron chi connectivity index (χ4n) is 3.19. The summed E-state index contributed by atoms with van der Waals surface area (Å²) in [6, 6.07) is 9.30. The van der Waals surface area contributed by atoms with Crippen molar-refractivity contribution < 1.29 is 18.5 Å². The molecule has 252 valence electrons. The van der Waals surface area contributed by atoms with Crippen molar-refractivity contribution in [3.05, 3.63) is 97.7 Å². The molecule has 50 heavy (non-hydrogen) atoms. The Morgan fingerprint density at radius 1 is 0.740 bits per heavy atom. The lowest BCUT2D eigenvalue weighted by molar-refractivity contribution is 0.0950. The largest absolute Gasteiger partial charge is 0.507 e. The number of phenolic OH excluding ortho intramolecular Hbond substituents is 1. The van der Waals surface area contributed by atoms with Crippen LogP contribution in [-0.4, -0.2) is 21.0 Å². The number of hydrogen-bond donors (Lipinski definition) is 3. The second kappa shape index (κ2) is 28.2. The Morgan fingerprint density at radius 2 is 1.14 bits per heavy atom. The van der Waals surface area contributed by atoms with E-state index < -0.39 is 0 Å². The lowest BCUT2D eigenvalue weighted by Gasteiger charge is -2.10. The number of aromatic hydroxyl groups is 1. The zero-order valence-corrected chi connectivity index (χ0v) is 27.4. The number of aromatic nitrogens is 2. The maximum Gasteiger partial charge on any atom is 0.253 e. The lowest BCUT2D eigenvalue weighted by atomic mass is 10.00. The van der Waals surface area contributed by atoms with Gasteiger partial charge in [-0.15, -0.1) is 5.53 Å². The third-order valence-corrected chi connectivity index (χ3v) is 5.21. The standard InChI is InChI=1S/C20H19N3O2.C20H6.HN3.O2.6H2/c1-13-7-16(8-14(2)19(13)24)17-9-18(12-22-11-17)20(25)23-10-15-3-5-21-6-4-15;1-3-5-7-9-11-13-15-17-19-20-18-16-14-12-10-8-6-4-2;1-3-2;1-2;;;;;;/h3-9,11-12,24H,10H2,1-2H3,(H,23,25);1-2H3;1H;;6*1H. The first-order chi connectivity index (χ1) is 24.4. The molecular weight excluding hydrogens is 628 g/mol. The summed E-state index contributed by atoms with van der Waals surface area (Å²) in [5.41, 5.74) is 17.1. The average molecular weight is 667 g/mol. The van der Waals surface area contributed by atoms with Crippen LogP contribution < -0.4 is 5.32 Å². The average Bonchev–Trinajstić information content (AvgIpc) is 3.14. The Labute approximate surface area is 300 Å². The molecule has 3 rings (SSSR count). The van der Waals surface area contributed by atoms with E-state index in [1.165, 1.54) is 0 Å². The number of aryl methyl sites for hydroxylation is 2. The van der Waals surface area contributed by atoms with Gasteiger partial charge in [0.1, 0.15) is 5.75 Å². The highest BCUT2D eigenvalue weighted by atomic mass is 16.7. The molecule has 0 aliphatic carbocycles. The van der Waals surface area contributed by atoms with E-state index in [0.29, 0.717) is 17.9 Å². The zero-order valence-electron chi connectivity index (χ0n) is 27.4. The first-order valence-corrected chi connectivity index (χ1v) is 13.8. The van der Waals surface area contributed by atoms with E-state index in [0.717, 1.165) is 27.8 Å². The quantitative estimate of drug-likeness (QED) is 0.119. The molecule has 0 fully saturated rings. The molecule has 0 spiro atoms. The predicted octanol–water partition coefficient (Wildman–Crippen LogP) is 6.87. The van der Waals surface area contributed by atoms with Gasteiger partial charge in [-0.2, -0.15) is 0 Å². The number of amides is 1. The van der Waals surface area contributed by atoms with Gasteiger partial charge in [-0.25, -0.2) is 0 Å². The molecule has 10 nitrogen and oxygen atoms in total. The van der Waals surface area contributed by atoms with Gasteiger partial charge in [-0.05, 0) is 185 Å². The van der Waals surface area contributed by atoms with Gasteiger partial charge in [-0.3, -0.25) is 14.8 Å². The van der Waals surface area contributed by atoms with Crippen molar-refractivity contribution in [1.82, 2.24) is 15.3 Å². The highest BCUT2D eigenvalue weighted by Gasteiger charge is 2.10. The van der Waals surface area contributed by atoms with Crippen LogP contribution in [0, 0.1) is 136 Å². The second-order valence-corrected chi connectivity index (χ2v) is 8.56. The molecule has 0 unspecified atom stereocenters. The summed E-state index contributed by atoms with van der Waals surface area (Å²) in [6.07, 6.45) is 6.65. The molecule has 3 N–H and O–H groups in total. The molecular formula is C40H38N6O4. The van der Waals surface area contributed by atoms with E-state index in [2.05, 4.69) is 122 Å². The van der Waals surface area contributed by atoms with Crippen LogP contribution in [0.25, 0.3) is 21.6 Å². The fraction of sp³-hybridized carbons (Fsp3) is 0.125. The third-order valence-electron chi connectivity index (χ3n) is 5.21. The van der Waals surface area contributed by atoms with Crippen LogP contribution in [0.4, 0.5) is 0 Å². The molecule has 2 aromatic heterocycles. The summed E-state index contributed by atoms with van der Waals surface area (Å²) in [5.74, 6) is 45.7. The van der Waals surface area contributed by atoms with Crippen LogP contribution in [0.1, 0.15) is 49.5 Å². The zero-order chi connectivity index (χ0) is 37.2. The molecule has 1 amide bonds. The number of hydrogen-bond acceptors (Lipinski definition) is 7. The van der Waals surface area contributed by atoms with Gasteiger partial charge in [0.05, 0.1) is 5.56 Å². The minimum atomic E-state index is -0.182. The van der Waals surface area contributed by atoms with Gasteiger partial charge in [0.25, 0.3) is 5.91 Å². The Morgan fingerprint density at radius 3 is 1.54 bits per heavy atom. The van der Waals surface area contributed by atoms with Gasteiger partial charge in [-0.1, -0.05) is 11.8 Å². The minimum absolute atomic E-state index is 0. The maximum absolute atomic E-state index is 12.4. The number of benzene rings is 1. The van der Waals surface area contributed by atoms with E-state index in [1.807, 2.05) is 38.1 Å². The van der Waals surface area contributed by atoms with Crippen LogP contribution in [-0.2, 0) is 6.54 Å². The minimum Gasteiger partial charge on any atom is -0.507 e. The van der Waals surface area contributed by atoms with Crippen LogP contribution in [0.15, 0.2) is 55.1 Å². The van der Waals surface area contributed by atoms with Crippen LogP contribution >= 0.6 is 0 Å². The number of carbonyl (C=O) groups is 1. The predicted molar refractivity (Wildman–Crippen MR) is 206 cm³/mol. The SMILES string of the molecule is CC#CC#CC#CC#CC#CC#CC#CC#CC#CC.Cc1cc(-c2cncc(C(=O)NCc3ccncc3)c2)cc(C)c1O.O=O.[HH].[HH].[HH].[HH].[HH].[HH].[N-]=[N+]=N. The maximum atomic E-state index is 12.4. The molecule has 0 radical (unpaired) electrons. The van der Waals surface area contributed by atoms with Gasteiger partial charge in [0.2, 0.25) is 0 Å². The first-order valence-electron chi connectivity index (χ1n) is 13.8. The monoisotopic (exact) mass is 666 g/mol. The Hall–Kier alpha value is -8.26. The second-order valence-electron chi connectivity index (χ2n) is 8.56. The number of rotatable bonds is 4. The molecule has 0 saturated heterocycles. The number of pyridine rings is 2. The highest BCUT2D eigenvalue weighted by Crippen LogP contribution is 2.29. The van der Waals surface area contributed by atoms with Crippen LogP contribution in [0.2, 0.25) is 0 Å². The van der Waals surface area contributed by atoms with Gasteiger partial charge in [0.15, 0.2) is 0 Å². The van der Waals surface area contributed by atoms with Crippen molar-refractivity contribution in [2.45, 2.75) is 34.2 Å². The Balaban J connectivity index is -0.000000143. The number of phenols is 1. The molecule has 0 saturated carbocycles. The van der Waals surface area contributed by atoms with Crippen molar-refractivity contribution in [3.63, 3.8) is 0 Å². The molecule has 10 heteroatoms. The van der Waals surface area contributed by atoms with E-state index in [4.69, 9.17) is 21.0 Å². The summed E-state index contributed by atoms with van der Waals surface area (Å²) >= 11 is 0. The molecule has 3 aromatic rings. The van der Waals surface area contributed by atoms with Crippen LogP contribution in [0.5, 0.6) is 5.75 Å². The smallest absolute Gasteiger partial charge is 0.253 e. The highest BCUT2D eigenvalue weighted by molar-refractivity contribution is 5.95. The van der Waals surface area contributed by atoms with Gasteiger partial charge in [0, 0.05) is 55.4 Å². The Bertz CT molecular complexity index is 2180. The molecule has 0 bridgehead atoms. The summed E-state index contributed by atoms with van der Waals surface area (Å²) in [4.78, 5) is 36.3. The number of nitrogens with zero attached hydrogens (tertiary/aromatic N) is 4. The van der Waals surface area contributed by atoms with E-state index in [9.17, 15) is 9.90 Å². The molecule has 2 heterocycles. The number of nitrogens with one attached hydrogen (secondary N) is 2. The van der Waals surface area contributed by atoms with Crippen molar-refractivity contribution in [2.24, 2.45) is 0 Å². The van der Waals surface area contributed by atoms with Crippen molar-refractivity contribution in [2.75, 3.05) is 0 Å². The van der Waals surface area contributed by atoms with Gasteiger partial charge < -0.3 is 10.4 Å². The topological polar surface area (TPSA) is 170 Å².